The number of fused-ring (bicyclic) bond motifs is 1. The van der Waals surface area contributed by atoms with E-state index in [1.165, 1.54) is 6.07 Å². The number of ether oxygens (including phenoxy) is 1. The third-order valence-electron chi connectivity index (χ3n) is 5.19. The van der Waals surface area contributed by atoms with Crippen LogP contribution >= 0.6 is 0 Å². The molecule has 10 nitrogen and oxygen atoms in total. The summed E-state index contributed by atoms with van der Waals surface area (Å²) < 4.78 is 5.73. The molecule has 31 heavy (non-hydrogen) atoms. The van der Waals surface area contributed by atoms with E-state index in [0.29, 0.717) is 0 Å². The third-order valence-corrected chi connectivity index (χ3v) is 5.19. The van der Waals surface area contributed by atoms with Gasteiger partial charge in [-0.15, -0.1) is 0 Å². The number of aromatic hydroxyl groups is 8. The minimum atomic E-state index is -1.52. The van der Waals surface area contributed by atoms with Gasteiger partial charge in [0, 0.05) is 29.2 Å². The second-order valence-corrected chi connectivity index (χ2v) is 7.20. The Morgan fingerprint density at radius 3 is 1.58 bits per heavy atom. The van der Waals surface area contributed by atoms with Crippen LogP contribution in [0, 0.1) is 0 Å². The Hall–Kier alpha value is -4.18. The standard InChI is InChI=1S/C21H18O10/c22-9-5-10(23)17-15(6-9)31-21(8-3-13(26)19(29)14(27)4-8)20(30)16(17)7-1-11(24)18(28)12(25)2-7/h1-6,16,20-30H/t16-,20+,21+/m0/s1. The summed E-state index contributed by atoms with van der Waals surface area (Å²) in [6, 6.07) is 6.45. The summed E-state index contributed by atoms with van der Waals surface area (Å²) in [7, 11) is 0. The Bertz CT molecular complexity index is 1140. The third kappa shape index (κ3) is 3.19. The van der Waals surface area contributed by atoms with Gasteiger partial charge >= 0.3 is 0 Å². The predicted molar refractivity (Wildman–Crippen MR) is 104 cm³/mol. The van der Waals surface area contributed by atoms with Gasteiger partial charge in [-0.05, 0) is 29.8 Å². The quantitative estimate of drug-likeness (QED) is 0.272. The SMILES string of the molecule is Oc1cc(O)c2c(c1)O[C@H](c1cc(O)c(O)c(O)c1)[C@H](O)[C@H]2c1cc(O)c(O)c(O)c1. The maximum absolute atomic E-state index is 11.1. The number of aliphatic hydroxyl groups excluding tert-OH is 1. The van der Waals surface area contributed by atoms with Crippen LogP contribution in [0.1, 0.15) is 28.7 Å². The molecule has 1 aliphatic heterocycles. The normalized spacial score (nSPS) is 20.1. The minimum Gasteiger partial charge on any atom is -0.508 e. The van der Waals surface area contributed by atoms with Crippen LogP contribution < -0.4 is 4.74 Å². The first-order valence-corrected chi connectivity index (χ1v) is 8.98. The van der Waals surface area contributed by atoms with Gasteiger partial charge in [-0.25, -0.2) is 0 Å². The van der Waals surface area contributed by atoms with Gasteiger partial charge in [0.2, 0.25) is 0 Å². The van der Waals surface area contributed by atoms with E-state index >= 15 is 0 Å². The number of phenols is 8. The van der Waals surface area contributed by atoms with Gasteiger partial charge in [-0.2, -0.15) is 0 Å². The van der Waals surface area contributed by atoms with Gasteiger partial charge in [0.15, 0.2) is 40.6 Å². The van der Waals surface area contributed by atoms with Crippen molar-refractivity contribution in [3.05, 3.63) is 53.1 Å². The minimum absolute atomic E-state index is 0.0262. The highest BCUT2D eigenvalue weighted by molar-refractivity contribution is 5.60. The Labute approximate surface area is 174 Å². The van der Waals surface area contributed by atoms with E-state index in [0.717, 1.165) is 30.3 Å². The molecule has 4 rings (SSSR count). The molecule has 3 atom stereocenters. The largest absolute Gasteiger partial charge is 0.508 e. The van der Waals surface area contributed by atoms with Crippen LogP contribution in [0.25, 0.3) is 0 Å². The van der Waals surface area contributed by atoms with Gasteiger partial charge in [-0.1, -0.05) is 0 Å². The molecule has 10 heteroatoms. The van der Waals surface area contributed by atoms with Crippen LogP contribution in [-0.2, 0) is 0 Å². The average molecular weight is 430 g/mol. The zero-order valence-corrected chi connectivity index (χ0v) is 15.6. The number of hydrogen-bond acceptors (Lipinski definition) is 10. The molecule has 9 N–H and O–H groups in total. The molecule has 1 heterocycles. The molecule has 0 amide bonds. The molecule has 0 aliphatic carbocycles. The predicted octanol–water partition coefficient (Wildman–Crippen LogP) is 1.96. The van der Waals surface area contributed by atoms with E-state index in [1.807, 2.05) is 0 Å². The highest BCUT2D eigenvalue weighted by Gasteiger charge is 2.42. The first-order chi connectivity index (χ1) is 14.6. The number of phenolic OH excluding ortho intramolecular Hbond substituents is 8. The van der Waals surface area contributed by atoms with Crippen molar-refractivity contribution in [3.8, 4) is 51.7 Å². The molecule has 0 saturated heterocycles. The summed E-state index contributed by atoms with van der Waals surface area (Å²) >= 11 is 0. The number of rotatable bonds is 2. The highest BCUT2D eigenvalue weighted by atomic mass is 16.5. The Morgan fingerprint density at radius 1 is 0.581 bits per heavy atom. The summed E-state index contributed by atoms with van der Waals surface area (Å²) in [5.74, 6) is -6.24. The molecular weight excluding hydrogens is 412 g/mol. The second-order valence-electron chi connectivity index (χ2n) is 7.20. The lowest BCUT2D eigenvalue weighted by Gasteiger charge is -2.37. The van der Waals surface area contributed by atoms with E-state index in [9.17, 15) is 46.0 Å². The van der Waals surface area contributed by atoms with Crippen molar-refractivity contribution < 1.29 is 50.7 Å². The van der Waals surface area contributed by atoms with Gasteiger partial charge in [0.05, 0.1) is 0 Å². The first kappa shape index (κ1) is 20.1. The lowest BCUT2D eigenvalue weighted by atomic mass is 9.79. The summed E-state index contributed by atoms with van der Waals surface area (Å²) in [5, 5.41) is 90.2. The van der Waals surface area contributed by atoms with E-state index in [1.54, 1.807) is 0 Å². The molecule has 0 fully saturated rings. The zero-order chi connectivity index (χ0) is 22.6. The van der Waals surface area contributed by atoms with E-state index in [-0.39, 0.29) is 28.2 Å². The smallest absolute Gasteiger partial charge is 0.200 e. The van der Waals surface area contributed by atoms with Crippen molar-refractivity contribution in [1.29, 1.82) is 0 Å². The van der Waals surface area contributed by atoms with Crippen molar-refractivity contribution >= 4 is 0 Å². The summed E-state index contributed by atoms with van der Waals surface area (Å²) in [6.07, 6.45) is -2.80. The lowest BCUT2D eigenvalue weighted by molar-refractivity contribution is 0.00713. The molecule has 0 unspecified atom stereocenters. The van der Waals surface area contributed by atoms with Crippen molar-refractivity contribution in [2.24, 2.45) is 0 Å². The maximum Gasteiger partial charge on any atom is 0.200 e. The van der Waals surface area contributed by atoms with Gasteiger partial charge < -0.3 is 50.7 Å². The fraction of sp³-hybridized carbons (Fsp3) is 0.143. The number of benzene rings is 3. The van der Waals surface area contributed by atoms with Crippen LogP contribution in [0.5, 0.6) is 51.7 Å². The van der Waals surface area contributed by atoms with Crippen LogP contribution in [0.2, 0.25) is 0 Å². The first-order valence-electron chi connectivity index (χ1n) is 8.98. The van der Waals surface area contributed by atoms with Crippen LogP contribution in [0.3, 0.4) is 0 Å². The van der Waals surface area contributed by atoms with Crippen LogP contribution in [0.15, 0.2) is 36.4 Å². The topological polar surface area (TPSA) is 191 Å². The Kier molecular flexibility index (Phi) is 4.51. The fourth-order valence-electron chi connectivity index (χ4n) is 3.78. The van der Waals surface area contributed by atoms with Crippen molar-refractivity contribution in [3.63, 3.8) is 0 Å². The number of hydrogen-bond donors (Lipinski definition) is 9. The van der Waals surface area contributed by atoms with Gasteiger partial charge in [0.25, 0.3) is 0 Å². The van der Waals surface area contributed by atoms with Crippen LogP contribution in [-0.4, -0.2) is 52.1 Å². The summed E-state index contributed by atoms with van der Waals surface area (Å²) in [4.78, 5) is 0. The Morgan fingerprint density at radius 2 is 1.06 bits per heavy atom. The molecule has 3 aromatic carbocycles. The van der Waals surface area contributed by atoms with Gasteiger partial charge in [-0.3, -0.25) is 0 Å². The molecule has 0 aromatic heterocycles. The van der Waals surface area contributed by atoms with E-state index in [4.69, 9.17) is 4.74 Å². The van der Waals surface area contributed by atoms with Crippen molar-refractivity contribution in [1.82, 2.24) is 0 Å². The lowest BCUT2D eigenvalue weighted by Crippen LogP contribution is -2.35. The van der Waals surface area contributed by atoms with Crippen molar-refractivity contribution in [2.45, 2.75) is 18.1 Å². The fourth-order valence-corrected chi connectivity index (χ4v) is 3.78. The van der Waals surface area contributed by atoms with Crippen molar-refractivity contribution in [2.75, 3.05) is 0 Å². The monoisotopic (exact) mass is 430 g/mol. The Balaban J connectivity index is 1.94. The maximum atomic E-state index is 11.1. The molecule has 162 valence electrons. The highest BCUT2D eigenvalue weighted by Crippen LogP contribution is 2.53. The van der Waals surface area contributed by atoms with Gasteiger partial charge in [0.1, 0.15) is 23.4 Å². The molecule has 3 aromatic rings. The van der Waals surface area contributed by atoms with E-state index in [2.05, 4.69) is 0 Å². The summed E-state index contributed by atoms with van der Waals surface area (Å²) in [6.45, 7) is 0. The molecule has 0 bridgehead atoms. The van der Waals surface area contributed by atoms with Crippen LogP contribution in [0.4, 0.5) is 0 Å². The molecule has 0 saturated carbocycles. The number of aliphatic hydroxyl groups is 1. The average Bonchev–Trinajstić information content (AvgIpc) is 2.69. The van der Waals surface area contributed by atoms with E-state index < -0.39 is 58.4 Å². The molecular formula is C21H18O10. The zero-order valence-electron chi connectivity index (χ0n) is 15.6. The summed E-state index contributed by atoms with van der Waals surface area (Å²) in [5.41, 5.74) is 0.160. The molecule has 0 spiro atoms. The molecule has 1 aliphatic rings. The molecule has 0 radical (unpaired) electrons. The second kappa shape index (κ2) is 6.96.